The lowest BCUT2D eigenvalue weighted by molar-refractivity contribution is -0.113. The number of aromatic nitrogens is 5. The molecule has 3 rings (SSSR count). The molecule has 7 nitrogen and oxygen atoms in total. The van der Waals surface area contributed by atoms with E-state index in [-0.39, 0.29) is 11.7 Å². The molecule has 0 saturated heterocycles. The first-order valence-electron chi connectivity index (χ1n) is 7.19. The molecule has 0 atom stereocenters. The van der Waals surface area contributed by atoms with Crippen molar-refractivity contribution < 1.29 is 4.79 Å². The van der Waals surface area contributed by atoms with Gasteiger partial charge in [0.25, 0.3) is 0 Å². The summed E-state index contributed by atoms with van der Waals surface area (Å²) in [7, 11) is 1.77. The number of aryl methyl sites for hydroxylation is 2. The van der Waals surface area contributed by atoms with Crippen LogP contribution in [0.3, 0.4) is 0 Å². The molecule has 0 bridgehead atoms. The van der Waals surface area contributed by atoms with Crippen molar-refractivity contribution in [2.45, 2.75) is 18.4 Å². The number of hydrogen-bond donors (Lipinski definition) is 1. The Morgan fingerprint density at radius 3 is 2.78 bits per heavy atom. The standard InChI is InChI=1S/C15H16N6OS/c1-3-10-4-6-11(7-5-10)18-12(22)8-23-15-13-14(16-9-17-15)21(2)20-19-13/h4-7,9H,3,8H2,1-2H3,(H,18,22). The number of amides is 1. The highest BCUT2D eigenvalue weighted by Crippen LogP contribution is 2.22. The molecule has 1 amide bonds. The zero-order valence-electron chi connectivity index (χ0n) is 12.9. The van der Waals surface area contributed by atoms with Crippen LogP contribution in [0.2, 0.25) is 0 Å². The number of nitrogens with zero attached hydrogens (tertiary/aromatic N) is 5. The molecule has 23 heavy (non-hydrogen) atoms. The van der Waals surface area contributed by atoms with Crippen LogP contribution in [0.15, 0.2) is 35.6 Å². The number of anilines is 1. The molecule has 0 aliphatic heterocycles. The van der Waals surface area contributed by atoms with Crippen molar-refractivity contribution in [3.63, 3.8) is 0 Å². The molecule has 0 unspecified atom stereocenters. The molecule has 0 spiro atoms. The molecule has 0 aliphatic carbocycles. The van der Waals surface area contributed by atoms with Gasteiger partial charge in [0.2, 0.25) is 5.91 Å². The molecule has 0 radical (unpaired) electrons. The Morgan fingerprint density at radius 2 is 2.04 bits per heavy atom. The Hall–Kier alpha value is -2.48. The minimum atomic E-state index is -0.0881. The smallest absolute Gasteiger partial charge is 0.234 e. The Balaban J connectivity index is 1.63. The van der Waals surface area contributed by atoms with Gasteiger partial charge >= 0.3 is 0 Å². The summed E-state index contributed by atoms with van der Waals surface area (Å²) in [5, 5.41) is 11.5. The van der Waals surface area contributed by atoms with Gasteiger partial charge < -0.3 is 5.32 Å². The second kappa shape index (κ2) is 6.74. The topological polar surface area (TPSA) is 85.6 Å². The van der Waals surface area contributed by atoms with E-state index in [9.17, 15) is 4.79 Å². The first kappa shape index (κ1) is 15.4. The highest BCUT2D eigenvalue weighted by atomic mass is 32.2. The molecule has 0 fully saturated rings. The number of hydrogen-bond acceptors (Lipinski definition) is 6. The number of fused-ring (bicyclic) bond motifs is 1. The van der Waals surface area contributed by atoms with Crippen molar-refractivity contribution >= 4 is 34.5 Å². The second-order valence-corrected chi connectivity index (χ2v) is 5.92. The number of carbonyl (C=O) groups is 1. The van der Waals surface area contributed by atoms with Gasteiger partial charge in [-0.1, -0.05) is 36.0 Å². The van der Waals surface area contributed by atoms with E-state index < -0.39 is 0 Å². The number of thioether (sulfide) groups is 1. The molecule has 8 heteroatoms. The van der Waals surface area contributed by atoms with Gasteiger partial charge in [0.15, 0.2) is 11.2 Å². The van der Waals surface area contributed by atoms with Crippen molar-refractivity contribution in [3.8, 4) is 0 Å². The largest absolute Gasteiger partial charge is 0.325 e. The summed E-state index contributed by atoms with van der Waals surface area (Å²) in [5.74, 6) is 0.160. The third-order valence-electron chi connectivity index (χ3n) is 3.34. The zero-order chi connectivity index (χ0) is 16.2. The van der Waals surface area contributed by atoms with Crippen LogP contribution in [-0.4, -0.2) is 36.6 Å². The van der Waals surface area contributed by atoms with Crippen molar-refractivity contribution in [1.82, 2.24) is 25.0 Å². The van der Waals surface area contributed by atoms with E-state index in [4.69, 9.17) is 0 Å². The SMILES string of the molecule is CCc1ccc(NC(=O)CSc2ncnc3c2nnn3C)cc1. The predicted molar refractivity (Wildman–Crippen MR) is 89.3 cm³/mol. The van der Waals surface area contributed by atoms with Crippen LogP contribution in [0.4, 0.5) is 5.69 Å². The fourth-order valence-electron chi connectivity index (χ4n) is 2.09. The molecule has 2 heterocycles. The molecule has 0 aliphatic rings. The number of nitrogens with one attached hydrogen (secondary N) is 1. The van der Waals surface area contributed by atoms with Crippen LogP contribution in [0.1, 0.15) is 12.5 Å². The fraction of sp³-hybridized carbons (Fsp3) is 0.267. The van der Waals surface area contributed by atoms with Crippen LogP contribution in [0, 0.1) is 0 Å². The monoisotopic (exact) mass is 328 g/mol. The van der Waals surface area contributed by atoms with E-state index in [1.165, 1.54) is 23.7 Å². The zero-order valence-corrected chi connectivity index (χ0v) is 13.7. The summed E-state index contributed by atoms with van der Waals surface area (Å²) < 4.78 is 1.58. The summed E-state index contributed by atoms with van der Waals surface area (Å²) in [5.41, 5.74) is 3.29. The summed E-state index contributed by atoms with van der Waals surface area (Å²) in [6.45, 7) is 2.10. The van der Waals surface area contributed by atoms with Crippen molar-refractivity contribution in [2.75, 3.05) is 11.1 Å². The lowest BCUT2D eigenvalue weighted by atomic mass is 10.1. The highest BCUT2D eigenvalue weighted by Gasteiger charge is 2.12. The van der Waals surface area contributed by atoms with Crippen LogP contribution >= 0.6 is 11.8 Å². The number of benzene rings is 1. The Labute approximate surface area is 137 Å². The van der Waals surface area contributed by atoms with Gasteiger partial charge in [-0.05, 0) is 24.1 Å². The summed E-state index contributed by atoms with van der Waals surface area (Å²) in [4.78, 5) is 20.4. The Kier molecular flexibility index (Phi) is 4.52. The number of carbonyl (C=O) groups excluding carboxylic acids is 1. The normalized spacial score (nSPS) is 10.9. The molecule has 118 valence electrons. The molecular weight excluding hydrogens is 312 g/mol. The molecule has 1 aromatic carbocycles. The maximum atomic E-state index is 12.1. The van der Waals surface area contributed by atoms with Gasteiger partial charge in [-0.2, -0.15) is 0 Å². The fourth-order valence-corrected chi connectivity index (χ4v) is 2.82. The molecule has 2 aromatic heterocycles. The molecule has 0 saturated carbocycles. The third kappa shape index (κ3) is 3.48. The van der Waals surface area contributed by atoms with Gasteiger partial charge in [-0.15, -0.1) is 5.10 Å². The summed E-state index contributed by atoms with van der Waals surface area (Å²) in [6, 6.07) is 7.84. The number of rotatable bonds is 5. The lowest BCUT2D eigenvalue weighted by Gasteiger charge is -2.06. The molecule has 3 aromatic rings. The maximum absolute atomic E-state index is 12.1. The average molecular weight is 328 g/mol. The third-order valence-corrected chi connectivity index (χ3v) is 4.32. The second-order valence-electron chi connectivity index (χ2n) is 4.95. The van der Waals surface area contributed by atoms with Crippen LogP contribution in [-0.2, 0) is 18.3 Å². The van der Waals surface area contributed by atoms with E-state index in [1.807, 2.05) is 24.3 Å². The van der Waals surface area contributed by atoms with E-state index in [0.717, 1.165) is 12.1 Å². The van der Waals surface area contributed by atoms with Crippen LogP contribution < -0.4 is 5.32 Å². The highest BCUT2D eigenvalue weighted by molar-refractivity contribution is 8.00. The van der Waals surface area contributed by atoms with E-state index in [2.05, 4.69) is 32.5 Å². The predicted octanol–water partition coefficient (Wildman–Crippen LogP) is 2.05. The van der Waals surface area contributed by atoms with Crippen molar-refractivity contribution in [1.29, 1.82) is 0 Å². The van der Waals surface area contributed by atoms with Gasteiger partial charge in [0.05, 0.1) is 5.75 Å². The Morgan fingerprint density at radius 1 is 1.26 bits per heavy atom. The molecular formula is C15H16N6OS. The molecule has 1 N–H and O–H groups in total. The maximum Gasteiger partial charge on any atom is 0.234 e. The van der Waals surface area contributed by atoms with Crippen molar-refractivity contribution in [3.05, 3.63) is 36.2 Å². The Bertz CT molecular complexity index is 830. The minimum absolute atomic E-state index is 0.0881. The average Bonchev–Trinajstić information content (AvgIpc) is 2.96. The van der Waals surface area contributed by atoms with Crippen molar-refractivity contribution in [2.24, 2.45) is 7.05 Å². The van der Waals surface area contributed by atoms with E-state index in [0.29, 0.717) is 16.2 Å². The van der Waals surface area contributed by atoms with E-state index >= 15 is 0 Å². The summed E-state index contributed by atoms with van der Waals surface area (Å²) in [6.07, 6.45) is 2.43. The first-order valence-corrected chi connectivity index (χ1v) is 8.18. The quantitative estimate of drug-likeness (QED) is 0.570. The van der Waals surface area contributed by atoms with Gasteiger partial charge in [-0.25, -0.2) is 14.6 Å². The van der Waals surface area contributed by atoms with Gasteiger partial charge in [0, 0.05) is 12.7 Å². The minimum Gasteiger partial charge on any atom is -0.325 e. The van der Waals surface area contributed by atoms with Gasteiger partial charge in [0.1, 0.15) is 11.4 Å². The van der Waals surface area contributed by atoms with Crippen LogP contribution in [0.5, 0.6) is 0 Å². The lowest BCUT2D eigenvalue weighted by Crippen LogP contribution is -2.14. The van der Waals surface area contributed by atoms with E-state index in [1.54, 1.807) is 11.7 Å². The summed E-state index contributed by atoms with van der Waals surface area (Å²) >= 11 is 1.32. The van der Waals surface area contributed by atoms with Crippen LogP contribution in [0.25, 0.3) is 11.2 Å². The van der Waals surface area contributed by atoms with Gasteiger partial charge in [-0.3, -0.25) is 4.79 Å². The first-order chi connectivity index (χ1) is 11.2.